The first kappa shape index (κ1) is 12.7. The van der Waals surface area contributed by atoms with Gasteiger partial charge < -0.3 is 5.11 Å². The van der Waals surface area contributed by atoms with E-state index in [1.165, 1.54) is 5.56 Å². The Morgan fingerprint density at radius 2 is 2.25 bits per heavy atom. The van der Waals surface area contributed by atoms with E-state index in [-0.39, 0.29) is 5.92 Å². The first-order valence-corrected chi connectivity index (χ1v) is 5.82. The Hall–Kier alpha value is -1.38. The average molecular weight is 221 g/mol. The SMILES string of the molecule is CC(CCCCCc1cccnc1)C(=O)O. The highest BCUT2D eigenvalue weighted by atomic mass is 16.4. The van der Waals surface area contributed by atoms with Gasteiger partial charge in [-0.15, -0.1) is 0 Å². The fourth-order valence-corrected chi connectivity index (χ4v) is 1.63. The van der Waals surface area contributed by atoms with Gasteiger partial charge >= 0.3 is 5.97 Å². The average Bonchev–Trinajstić information content (AvgIpc) is 2.29. The van der Waals surface area contributed by atoms with E-state index in [0.717, 1.165) is 32.1 Å². The van der Waals surface area contributed by atoms with Crippen molar-refractivity contribution in [2.24, 2.45) is 5.92 Å². The standard InChI is InChI=1S/C13H19NO2/c1-11(13(15)16)6-3-2-4-7-12-8-5-9-14-10-12/h5,8-11H,2-4,6-7H2,1H3,(H,15,16). The third-order valence-corrected chi connectivity index (χ3v) is 2.75. The fraction of sp³-hybridized carbons (Fsp3) is 0.538. The van der Waals surface area contributed by atoms with Crippen LogP contribution in [0.5, 0.6) is 0 Å². The third kappa shape index (κ3) is 4.91. The normalized spacial score (nSPS) is 12.3. The van der Waals surface area contributed by atoms with Gasteiger partial charge in [-0.05, 0) is 30.9 Å². The number of nitrogens with zero attached hydrogens (tertiary/aromatic N) is 1. The van der Waals surface area contributed by atoms with Crippen molar-refractivity contribution in [1.82, 2.24) is 4.98 Å². The molecule has 88 valence electrons. The Kier molecular flexibility index (Phi) is 5.54. The molecule has 1 aromatic heterocycles. The van der Waals surface area contributed by atoms with Gasteiger partial charge in [0.15, 0.2) is 0 Å². The second kappa shape index (κ2) is 6.99. The molecule has 1 unspecified atom stereocenters. The van der Waals surface area contributed by atoms with Gasteiger partial charge in [-0.25, -0.2) is 0 Å². The summed E-state index contributed by atoms with van der Waals surface area (Å²) in [7, 11) is 0. The number of rotatable bonds is 7. The summed E-state index contributed by atoms with van der Waals surface area (Å²) in [6.45, 7) is 1.77. The largest absolute Gasteiger partial charge is 0.481 e. The second-order valence-electron chi connectivity index (χ2n) is 4.20. The molecule has 0 aliphatic carbocycles. The Bertz CT molecular complexity index is 311. The van der Waals surface area contributed by atoms with Crippen LogP contribution in [0.4, 0.5) is 0 Å². The summed E-state index contributed by atoms with van der Waals surface area (Å²) < 4.78 is 0. The van der Waals surface area contributed by atoms with E-state index in [2.05, 4.69) is 11.1 Å². The van der Waals surface area contributed by atoms with Crippen LogP contribution in [0.3, 0.4) is 0 Å². The number of aryl methyl sites for hydroxylation is 1. The molecule has 1 rings (SSSR count). The van der Waals surface area contributed by atoms with Gasteiger partial charge in [0.2, 0.25) is 0 Å². The molecule has 0 aliphatic heterocycles. The smallest absolute Gasteiger partial charge is 0.306 e. The van der Waals surface area contributed by atoms with Gasteiger partial charge in [0.1, 0.15) is 0 Å². The number of carbonyl (C=O) groups is 1. The van der Waals surface area contributed by atoms with Crippen molar-refractivity contribution in [2.45, 2.75) is 39.0 Å². The summed E-state index contributed by atoms with van der Waals surface area (Å²) in [4.78, 5) is 14.6. The lowest BCUT2D eigenvalue weighted by molar-refractivity contribution is -0.141. The highest BCUT2D eigenvalue weighted by molar-refractivity contribution is 5.69. The lowest BCUT2D eigenvalue weighted by Gasteiger charge is -2.05. The lowest BCUT2D eigenvalue weighted by atomic mass is 10.0. The third-order valence-electron chi connectivity index (χ3n) is 2.75. The molecule has 0 fully saturated rings. The Labute approximate surface area is 96.5 Å². The van der Waals surface area contributed by atoms with E-state index in [1.807, 2.05) is 12.3 Å². The predicted octanol–water partition coefficient (Wildman–Crippen LogP) is 2.91. The van der Waals surface area contributed by atoms with Crippen LogP contribution in [0.25, 0.3) is 0 Å². The molecule has 3 heteroatoms. The zero-order valence-electron chi connectivity index (χ0n) is 9.72. The summed E-state index contributed by atoms with van der Waals surface area (Å²) in [5, 5.41) is 8.71. The molecule has 0 amide bonds. The highest BCUT2D eigenvalue weighted by Crippen LogP contribution is 2.11. The van der Waals surface area contributed by atoms with Crippen LogP contribution in [0.1, 0.15) is 38.2 Å². The van der Waals surface area contributed by atoms with E-state index in [1.54, 1.807) is 13.1 Å². The molecule has 0 aliphatic rings. The highest BCUT2D eigenvalue weighted by Gasteiger charge is 2.09. The zero-order valence-corrected chi connectivity index (χ0v) is 9.72. The number of hydrogen-bond acceptors (Lipinski definition) is 2. The van der Waals surface area contributed by atoms with Gasteiger partial charge in [-0.3, -0.25) is 9.78 Å². The molecule has 0 aromatic carbocycles. The molecular formula is C13H19NO2. The lowest BCUT2D eigenvalue weighted by Crippen LogP contribution is -2.08. The van der Waals surface area contributed by atoms with Gasteiger partial charge in [0, 0.05) is 12.4 Å². The Morgan fingerprint density at radius 3 is 2.88 bits per heavy atom. The maximum Gasteiger partial charge on any atom is 0.306 e. The molecule has 0 saturated heterocycles. The molecule has 0 radical (unpaired) electrons. The van der Waals surface area contributed by atoms with Crippen LogP contribution in [-0.4, -0.2) is 16.1 Å². The van der Waals surface area contributed by atoms with Crippen molar-refractivity contribution in [2.75, 3.05) is 0 Å². The van der Waals surface area contributed by atoms with Crippen molar-refractivity contribution in [3.63, 3.8) is 0 Å². The van der Waals surface area contributed by atoms with Gasteiger partial charge in [-0.2, -0.15) is 0 Å². The van der Waals surface area contributed by atoms with Gasteiger partial charge in [-0.1, -0.05) is 25.8 Å². The molecule has 0 bridgehead atoms. The van der Waals surface area contributed by atoms with Crippen LogP contribution >= 0.6 is 0 Å². The first-order valence-electron chi connectivity index (χ1n) is 5.82. The minimum absolute atomic E-state index is 0.210. The quantitative estimate of drug-likeness (QED) is 0.720. The topological polar surface area (TPSA) is 50.2 Å². The molecule has 16 heavy (non-hydrogen) atoms. The van der Waals surface area contributed by atoms with Crippen molar-refractivity contribution in [1.29, 1.82) is 0 Å². The van der Waals surface area contributed by atoms with E-state index in [4.69, 9.17) is 5.11 Å². The van der Waals surface area contributed by atoms with Crippen molar-refractivity contribution < 1.29 is 9.90 Å². The number of carboxylic acids is 1. The Balaban J connectivity index is 2.07. The molecule has 1 atom stereocenters. The zero-order chi connectivity index (χ0) is 11.8. The maximum absolute atomic E-state index is 10.6. The van der Waals surface area contributed by atoms with Crippen molar-refractivity contribution in [3.8, 4) is 0 Å². The number of pyridine rings is 1. The fourth-order valence-electron chi connectivity index (χ4n) is 1.63. The molecule has 3 nitrogen and oxygen atoms in total. The van der Waals surface area contributed by atoms with Crippen molar-refractivity contribution >= 4 is 5.97 Å². The molecule has 0 spiro atoms. The van der Waals surface area contributed by atoms with E-state index >= 15 is 0 Å². The number of aromatic nitrogens is 1. The molecule has 1 heterocycles. The summed E-state index contributed by atoms with van der Waals surface area (Å²) >= 11 is 0. The van der Waals surface area contributed by atoms with E-state index in [9.17, 15) is 4.79 Å². The molecule has 1 N–H and O–H groups in total. The monoisotopic (exact) mass is 221 g/mol. The number of hydrogen-bond donors (Lipinski definition) is 1. The van der Waals surface area contributed by atoms with Gasteiger partial charge in [0.05, 0.1) is 5.92 Å². The predicted molar refractivity (Wildman–Crippen MR) is 63.2 cm³/mol. The molecular weight excluding hydrogens is 202 g/mol. The van der Waals surface area contributed by atoms with Crippen LogP contribution in [0, 0.1) is 5.92 Å². The van der Waals surface area contributed by atoms with Crippen LogP contribution in [0.2, 0.25) is 0 Å². The summed E-state index contributed by atoms with van der Waals surface area (Å²) in [5.74, 6) is -0.898. The summed E-state index contributed by atoms with van der Waals surface area (Å²) in [6, 6.07) is 4.02. The van der Waals surface area contributed by atoms with E-state index in [0.29, 0.717) is 0 Å². The van der Waals surface area contributed by atoms with Crippen LogP contribution < -0.4 is 0 Å². The second-order valence-corrected chi connectivity index (χ2v) is 4.20. The number of carboxylic acid groups (broad SMARTS) is 1. The van der Waals surface area contributed by atoms with Crippen molar-refractivity contribution in [3.05, 3.63) is 30.1 Å². The van der Waals surface area contributed by atoms with Crippen LogP contribution in [-0.2, 0) is 11.2 Å². The number of aliphatic carboxylic acids is 1. The number of unbranched alkanes of at least 4 members (excludes halogenated alkanes) is 2. The van der Waals surface area contributed by atoms with Crippen LogP contribution in [0.15, 0.2) is 24.5 Å². The van der Waals surface area contributed by atoms with Gasteiger partial charge in [0.25, 0.3) is 0 Å². The maximum atomic E-state index is 10.6. The minimum Gasteiger partial charge on any atom is -0.481 e. The molecule has 1 aromatic rings. The summed E-state index contributed by atoms with van der Waals surface area (Å²) in [5.41, 5.74) is 1.26. The van der Waals surface area contributed by atoms with E-state index < -0.39 is 5.97 Å². The summed E-state index contributed by atoms with van der Waals surface area (Å²) in [6.07, 6.45) is 8.67. The molecule has 0 saturated carbocycles. The minimum atomic E-state index is -0.688. The Morgan fingerprint density at radius 1 is 1.44 bits per heavy atom. The first-order chi connectivity index (χ1) is 7.70.